The molecule has 32 heavy (non-hydrogen) atoms. The van der Waals surface area contributed by atoms with E-state index < -0.39 is 34.9 Å². The van der Waals surface area contributed by atoms with Crippen LogP contribution in [0.1, 0.15) is 24.8 Å². The maximum Gasteiger partial charge on any atom is 0.241 e. The van der Waals surface area contributed by atoms with Crippen molar-refractivity contribution in [3.63, 3.8) is 0 Å². The standard InChI is InChI=1S/C24H20BrClFNO4/c1-4-12-5-7-16-22(30)28(14-6-8-18(27)17(26)11-14)23(31)24(16,2)20(12)15-9-13(25)10-19(32-3)21(15)29/h4-6,8-11,16,20,29H,1,7H2,2-3H3. The van der Waals surface area contributed by atoms with E-state index in [1.54, 1.807) is 25.1 Å². The predicted molar refractivity (Wildman–Crippen MR) is 123 cm³/mol. The van der Waals surface area contributed by atoms with Crippen LogP contribution in [0, 0.1) is 17.2 Å². The number of fused-ring (bicyclic) bond motifs is 1. The summed E-state index contributed by atoms with van der Waals surface area (Å²) in [5.41, 5.74) is 0.144. The third-order valence-corrected chi connectivity index (χ3v) is 7.17. The molecule has 0 aromatic heterocycles. The number of imide groups is 1. The Morgan fingerprint density at radius 1 is 1.34 bits per heavy atom. The van der Waals surface area contributed by atoms with Crippen LogP contribution >= 0.6 is 27.5 Å². The molecular formula is C24H20BrClFNO4. The van der Waals surface area contributed by atoms with Gasteiger partial charge in [0.15, 0.2) is 11.5 Å². The highest BCUT2D eigenvalue weighted by Gasteiger charge is 2.62. The molecule has 1 fully saturated rings. The minimum atomic E-state index is -1.22. The quantitative estimate of drug-likeness (QED) is 0.521. The zero-order valence-electron chi connectivity index (χ0n) is 17.4. The molecule has 2 aromatic rings. The van der Waals surface area contributed by atoms with E-state index in [1.165, 1.54) is 19.2 Å². The van der Waals surface area contributed by atoms with Crippen LogP contribution in [0.4, 0.5) is 10.1 Å². The number of phenolic OH excluding ortho intramolecular Hbond substituents is 1. The van der Waals surface area contributed by atoms with Gasteiger partial charge >= 0.3 is 0 Å². The van der Waals surface area contributed by atoms with Crippen LogP contribution in [-0.2, 0) is 9.59 Å². The lowest BCUT2D eigenvalue weighted by atomic mass is 9.60. The SMILES string of the molecule is C=CC1=CCC2C(=O)N(c3ccc(F)c(Cl)c3)C(=O)C2(C)C1c1cc(Br)cc(OC)c1O. The van der Waals surface area contributed by atoms with Gasteiger partial charge in [0, 0.05) is 16.0 Å². The molecule has 3 unspecified atom stereocenters. The van der Waals surface area contributed by atoms with Gasteiger partial charge in [-0.3, -0.25) is 9.59 Å². The van der Waals surface area contributed by atoms with E-state index >= 15 is 0 Å². The minimum absolute atomic E-state index is 0.112. The number of methoxy groups -OCH3 is 1. The number of hydrogen-bond donors (Lipinski definition) is 1. The normalized spacial score (nSPS) is 24.9. The molecular weight excluding hydrogens is 501 g/mol. The molecule has 0 spiro atoms. The predicted octanol–water partition coefficient (Wildman–Crippen LogP) is 5.75. The van der Waals surface area contributed by atoms with Gasteiger partial charge in [0.05, 0.1) is 29.2 Å². The van der Waals surface area contributed by atoms with E-state index in [4.69, 9.17) is 16.3 Å². The van der Waals surface area contributed by atoms with E-state index in [9.17, 15) is 19.1 Å². The number of benzene rings is 2. The number of carbonyl (C=O) groups is 2. The molecule has 1 saturated heterocycles. The molecule has 2 amide bonds. The molecule has 1 N–H and O–H groups in total. The van der Waals surface area contributed by atoms with Crippen molar-refractivity contribution < 1.29 is 23.8 Å². The lowest BCUT2D eigenvalue weighted by molar-refractivity contribution is -0.127. The minimum Gasteiger partial charge on any atom is -0.504 e. The van der Waals surface area contributed by atoms with Gasteiger partial charge in [-0.2, -0.15) is 0 Å². The van der Waals surface area contributed by atoms with Gasteiger partial charge in [0.2, 0.25) is 11.8 Å². The Kier molecular flexibility index (Phi) is 5.67. The Bertz CT molecular complexity index is 1200. The Morgan fingerprint density at radius 3 is 2.69 bits per heavy atom. The van der Waals surface area contributed by atoms with Gasteiger partial charge in [0.1, 0.15) is 5.82 Å². The van der Waals surface area contributed by atoms with Crippen LogP contribution in [0.3, 0.4) is 0 Å². The van der Waals surface area contributed by atoms with Crippen LogP contribution < -0.4 is 9.64 Å². The number of allylic oxidation sites excluding steroid dienone is 3. The van der Waals surface area contributed by atoms with Crippen molar-refractivity contribution in [2.45, 2.75) is 19.3 Å². The second-order valence-corrected chi connectivity index (χ2v) is 9.36. The summed E-state index contributed by atoms with van der Waals surface area (Å²) in [4.78, 5) is 28.3. The summed E-state index contributed by atoms with van der Waals surface area (Å²) >= 11 is 9.35. The molecule has 2 aromatic carbocycles. The lowest BCUT2D eigenvalue weighted by Gasteiger charge is -2.40. The zero-order chi connectivity index (χ0) is 23.4. The number of rotatable bonds is 4. The van der Waals surface area contributed by atoms with Gasteiger partial charge in [-0.25, -0.2) is 9.29 Å². The van der Waals surface area contributed by atoms with Crippen LogP contribution in [0.25, 0.3) is 0 Å². The van der Waals surface area contributed by atoms with Crippen molar-refractivity contribution in [2.75, 3.05) is 12.0 Å². The van der Waals surface area contributed by atoms with Gasteiger partial charge in [-0.15, -0.1) is 0 Å². The van der Waals surface area contributed by atoms with Gasteiger partial charge in [-0.1, -0.05) is 46.3 Å². The van der Waals surface area contributed by atoms with E-state index in [-0.39, 0.29) is 22.2 Å². The fourth-order valence-corrected chi connectivity index (χ4v) is 5.46. The molecule has 8 heteroatoms. The van der Waals surface area contributed by atoms with Gasteiger partial charge in [0.25, 0.3) is 0 Å². The highest BCUT2D eigenvalue weighted by molar-refractivity contribution is 9.10. The summed E-state index contributed by atoms with van der Waals surface area (Å²) in [7, 11) is 1.44. The van der Waals surface area contributed by atoms with E-state index in [0.29, 0.717) is 16.5 Å². The van der Waals surface area contributed by atoms with Crippen LogP contribution in [0.15, 0.2) is 59.1 Å². The topological polar surface area (TPSA) is 66.8 Å². The maximum atomic E-state index is 13.8. The van der Waals surface area contributed by atoms with Crippen molar-refractivity contribution in [1.29, 1.82) is 0 Å². The number of carbonyl (C=O) groups excluding carboxylic acids is 2. The summed E-state index contributed by atoms with van der Waals surface area (Å²) in [5.74, 6) is -2.71. The summed E-state index contributed by atoms with van der Waals surface area (Å²) < 4.78 is 19.6. The third-order valence-electron chi connectivity index (χ3n) is 6.43. The fraction of sp³-hybridized carbons (Fsp3) is 0.250. The summed E-state index contributed by atoms with van der Waals surface area (Å²) in [5, 5.41) is 10.8. The van der Waals surface area contributed by atoms with Crippen LogP contribution in [-0.4, -0.2) is 24.0 Å². The largest absolute Gasteiger partial charge is 0.504 e. The van der Waals surface area contributed by atoms with E-state index in [0.717, 1.165) is 16.5 Å². The zero-order valence-corrected chi connectivity index (χ0v) is 19.7. The van der Waals surface area contributed by atoms with Crippen molar-refractivity contribution in [3.8, 4) is 11.5 Å². The first-order valence-corrected chi connectivity index (χ1v) is 11.0. The number of hydrogen-bond acceptors (Lipinski definition) is 4. The Hall–Kier alpha value is -2.64. The van der Waals surface area contributed by atoms with Crippen molar-refractivity contribution >= 4 is 45.0 Å². The van der Waals surface area contributed by atoms with Gasteiger partial charge in [-0.05, 0) is 49.2 Å². The molecule has 0 saturated carbocycles. The van der Waals surface area contributed by atoms with Gasteiger partial charge < -0.3 is 9.84 Å². The number of ether oxygens (including phenoxy) is 1. The summed E-state index contributed by atoms with van der Waals surface area (Å²) in [6.07, 6.45) is 3.83. The number of aromatic hydroxyl groups is 1. The lowest BCUT2D eigenvalue weighted by Crippen LogP contribution is -2.41. The van der Waals surface area contributed by atoms with Crippen molar-refractivity contribution in [3.05, 3.63) is 75.5 Å². The number of amides is 2. The molecule has 1 heterocycles. The summed E-state index contributed by atoms with van der Waals surface area (Å²) in [6.45, 7) is 5.60. The number of nitrogens with zero attached hydrogens (tertiary/aromatic N) is 1. The Morgan fingerprint density at radius 2 is 2.06 bits per heavy atom. The number of phenols is 1. The Balaban J connectivity index is 1.92. The number of halogens is 3. The molecule has 5 nitrogen and oxygen atoms in total. The first kappa shape index (κ1) is 22.6. The molecule has 4 rings (SSSR count). The molecule has 1 aliphatic heterocycles. The molecule has 2 aliphatic rings. The van der Waals surface area contributed by atoms with Crippen LogP contribution in [0.2, 0.25) is 5.02 Å². The third kappa shape index (κ3) is 3.18. The fourth-order valence-electron chi connectivity index (χ4n) is 4.83. The number of anilines is 1. The van der Waals surface area contributed by atoms with Crippen LogP contribution in [0.5, 0.6) is 11.5 Å². The average Bonchev–Trinajstić information content (AvgIpc) is 2.96. The smallest absolute Gasteiger partial charge is 0.241 e. The molecule has 3 atom stereocenters. The van der Waals surface area contributed by atoms with E-state index in [1.807, 2.05) is 6.08 Å². The Labute approximate surface area is 198 Å². The summed E-state index contributed by atoms with van der Waals surface area (Å²) in [6, 6.07) is 7.08. The molecule has 166 valence electrons. The highest BCUT2D eigenvalue weighted by Crippen LogP contribution is 2.59. The first-order valence-electron chi connectivity index (χ1n) is 9.87. The monoisotopic (exact) mass is 519 g/mol. The average molecular weight is 521 g/mol. The van der Waals surface area contributed by atoms with E-state index in [2.05, 4.69) is 22.5 Å². The molecule has 0 bridgehead atoms. The van der Waals surface area contributed by atoms with Crippen molar-refractivity contribution in [2.24, 2.45) is 11.3 Å². The second kappa shape index (κ2) is 8.05. The first-order chi connectivity index (χ1) is 15.1. The molecule has 1 aliphatic carbocycles. The maximum absolute atomic E-state index is 13.8. The molecule has 0 radical (unpaired) electrons. The second-order valence-electron chi connectivity index (χ2n) is 8.04. The van der Waals surface area contributed by atoms with Crippen molar-refractivity contribution in [1.82, 2.24) is 0 Å². The highest BCUT2D eigenvalue weighted by atomic mass is 79.9.